The van der Waals surface area contributed by atoms with Crippen molar-refractivity contribution in [2.45, 2.75) is 65.8 Å². The molecule has 0 heterocycles. The van der Waals surface area contributed by atoms with E-state index in [2.05, 4.69) is 33.0 Å². The quantitative estimate of drug-likeness (QED) is 0.674. The third-order valence-corrected chi connectivity index (χ3v) is 3.43. The molecule has 0 radical (unpaired) electrons. The maximum Gasteiger partial charge on any atom is 0.00720 e. The smallest absolute Gasteiger partial charge is 0.00720 e. The molecule has 1 heteroatoms. The Labute approximate surface area is 96.0 Å². The minimum atomic E-state index is 0.755. The van der Waals surface area contributed by atoms with E-state index in [0.29, 0.717) is 0 Å². The van der Waals surface area contributed by atoms with Crippen molar-refractivity contribution in [2.75, 3.05) is 6.54 Å². The maximum atomic E-state index is 3.78. The fraction of sp³-hybridized carbons (Fsp3) is 1.00. The molecule has 1 rings (SSSR count). The van der Waals surface area contributed by atoms with Gasteiger partial charge in [0.15, 0.2) is 0 Å². The second-order valence-corrected chi connectivity index (χ2v) is 6.16. The van der Waals surface area contributed by atoms with Crippen molar-refractivity contribution in [3.8, 4) is 0 Å². The van der Waals surface area contributed by atoms with Crippen LogP contribution >= 0.6 is 0 Å². The first kappa shape index (κ1) is 13.0. The van der Waals surface area contributed by atoms with Crippen LogP contribution in [0.3, 0.4) is 0 Å². The number of rotatable bonds is 7. The van der Waals surface area contributed by atoms with Crippen molar-refractivity contribution < 1.29 is 0 Å². The molecule has 0 saturated heterocycles. The Morgan fingerprint density at radius 3 is 1.87 bits per heavy atom. The van der Waals surface area contributed by atoms with E-state index in [1.165, 1.54) is 38.6 Å². The highest BCUT2D eigenvalue weighted by molar-refractivity contribution is 4.76. The second-order valence-electron chi connectivity index (χ2n) is 6.16. The Morgan fingerprint density at radius 1 is 1.00 bits per heavy atom. The summed E-state index contributed by atoms with van der Waals surface area (Å²) < 4.78 is 0. The van der Waals surface area contributed by atoms with E-state index in [0.717, 1.165) is 23.8 Å². The van der Waals surface area contributed by atoms with Gasteiger partial charge in [0.05, 0.1) is 0 Å². The van der Waals surface area contributed by atoms with Crippen LogP contribution in [0.25, 0.3) is 0 Å². The fourth-order valence-electron chi connectivity index (χ4n) is 2.43. The first-order valence-corrected chi connectivity index (χ1v) is 6.81. The van der Waals surface area contributed by atoms with Gasteiger partial charge < -0.3 is 5.32 Å². The van der Waals surface area contributed by atoms with Gasteiger partial charge in [0.25, 0.3) is 0 Å². The summed E-state index contributed by atoms with van der Waals surface area (Å²) in [6.07, 6.45) is 7.06. The molecule has 90 valence electrons. The molecular weight excluding hydrogens is 182 g/mol. The summed E-state index contributed by atoms with van der Waals surface area (Å²) in [7, 11) is 0. The predicted octanol–water partition coefficient (Wildman–Crippen LogP) is 3.84. The monoisotopic (exact) mass is 211 g/mol. The highest BCUT2D eigenvalue weighted by Crippen LogP contribution is 2.26. The lowest BCUT2D eigenvalue weighted by Gasteiger charge is -2.29. The lowest BCUT2D eigenvalue weighted by Crippen LogP contribution is -2.37. The Bertz CT molecular complexity index is 149. The SMILES string of the molecule is CC(C)CC(CC(C)C)NCC1CCC1. The second kappa shape index (κ2) is 6.52. The van der Waals surface area contributed by atoms with Gasteiger partial charge in [-0.1, -0.05) is 34.1 Å². The largest absolute Gasteiger partial charge is 0.314 e. The van der Waals surface area contributed by atoms with E-state index in [1.807, 2.05) is 0 Å². The normalized spacial score (nSPS) is 17.8. The van der Waals surface area contributed by atoms with Crippen molar-refractivity contribution >= 4 is 0 Å². The van der Waals surface area contributed by atoms with E-state index < -0.39 is 0 Å². The average molecular weight is 211 g/mol. The van der Waals surface area contributed by atoms with Crippen molar-refractivity contribution in [2.24, 2.45) is 17.8 Å². The molecule has 0 bridgehead atoms. The third-order valence-electron chi connectivity index (χ3n) is 3.43. The molecule has 1 aliphatic rings. The lowest BCUT2D eigenvalue weighted by atomic mass is 9.85. The standard InChI is InChI=1S/C14H29N/c1-11(2)8-14(9-12(3)4)15-10-13-6-5-7-13/h11-15H,5-10H2,1-4H3. The molecular formula is C14H29N. The zero-order valence-electron chi connectivity index (χ0n) is 11.1. The average Bonchev–Trinajstić information content (AvgIpc) is 1.98. The van der Waals surface area contributed by atoms with Crippen molar-refractivity contribution in [3.05, 3.63) is 0 Å². The van der Waals surface area contributed by atoms with E-state index >= 15 is 0 Å². The Kier molecular flexibility index (Phi) is 5.66. The zero-order valence-corrected chi connectivity index (χ0v) is 11.1. The van der Waals surface area contributed by atoms with E-state index in [9.17, 15) is 0 Å². The van der Waals surface area contributed by atoms with Crippen LogP contribution in [0.4, 0.5) is 0 Å². The summed E-state index contributed by atoms with van der Waals surface area (Å²) in [6, 6.07) is 0.755. The third kappa shape index (κ3) is 5.55. The topological polar surface area (TPSA) is 12.0 Å². The Morgan fingerprint density at radius 2 is 1.53 bits per heavy atom. The minimum absolute atomic E-state index is 0.755. The summed E-state index contributed by atoms with van der Waals surface area (Å²) in [5.74, 6) is 2.64. The van der Waals surface area contributed by atoms with Crippen molar-refractivity contribution in [1.29, 1.82) is 0 Å². The maximum absolute atomic E-state index is 3.78. The molecule has 1 saturated carbocycles. The molecule has 1 aliphatic carbocycles. The van der Waals surface area contributed by atoms with Crippen LogP contribution < -0.4 is 5.32 Å². The Balaban J connectivity index is 2.20. The fourth-order valence-corrected chi connectivity index (χ4v) is 2.43. The van der Waals surface area contributed by atoms with Crippen LogP contribution in [0.5, 0.6) is 0 Å². The summed E-state index contributed by atoms with van der Waals surface area (Å²) in [4.78, 5) is 0. The summed E-state index contributed by atoms with van der Waals surface area (Å²) in [5, 5.41) is 3.78. The molecule has 0 aromatic carbocycles. The minimum Gasteiger partial charge on any atom is -0.314 e. The van der Waals surface area contributed by atoms with Crippen molar-refractivity contribution in [3.63, 3.8) is 0 Å². The molecule has 1 N–H and O–H groups in total. The molecule has 0 aliphatic heterocycles. The number of hydrogen-bond acceptors (Lipinski definition) is 1. The molecule has 0 aromatic heterocycles. The Hall–Kier alpha value is -0.0400. The van der Waals surface area contributed by atoms with Gasteiger partial charge in [-0.2, -0.15) is 0 Å². The number of hydrogen-bond donors (Lipinski definition) is 1. The summed E-state index contributed by atoms with van der Waals surface area (Å²) >= 11 is 0. The first-order chi connectivity index (χ1) is 7.08. The highest BCUT2D eigenvalue weighted by Gasteiger charge is 2.19. The van der Waals surface area contributed by atoms with Gasteiger partial charge in [0, 0.05) is 6.04 Å². The van der Waals surface area contributed by atoms with Crippen LogP contribution in [0, 0.1) is 17.8 Å². The molecule has 0 amide bonds. The number of nitrogens with one attached hydrogen (secondary N) is 1. The molecule has 0 aromatic rings. The summed E-state index contributed by atoms with van der Waals surface area (Å²) in [6.45, 7) is 10.6. The van der Waals surface area contributed by atoms with Crippen LogP contribution in [-0.4, -0.2) is 12.6 Å². The van der Waals surface area contributed by atoms with Gasteiger partial charge in [-0.3, -0.25) is 0 Å². The molecule has 1 nitrogen and oxygen atoms in total. The summed E-state index contributed by atoms with van der Waals surface area (Å²) in [5.41, 5.74) is 0. The van der Waals surface area contributed by atoms with E-state index in [1.54, 1.807) is 0 Å². The van der Waals surface area contributed by atoms with Gasteiger partial charge in [0.2, 0.25) is 0 Å². The van der Waals surface area contributed by atoms with Gasteiger partial charge in [-0.05, 0) is 50.0 Å². The van der Waals surface area contributed by atoms with Gasteiger partial charge in [0.1, 0.15) is 0 Å². The van der Waals surface area contributed by atoms with Crippen molar-refractivity contribution in [1.82, 2.24) is 5.32 Å². The van der Waals surface area contributed by atoms with Gasteiger partial charge >= 0.3 is 0 Å². The van der Waals surface area contributed by atoms with Crippen LogP contribution in [0.15, 0.2) is 0 Å². The van der Waals surface area contributed by atoms with Crippen LogP contribution in [0.1, 0.15) is 59.8 Å². The molecule has 0 unspecified atom stereocenters. The zero-order chi connectivity index (χ0) is 11.3. The predicted molar refractivity (Wildman–Crippen MR) is 68.0 cm³/mol. The first-order valence-electron chi connectivity index (χ1n) is 6.81. The molecule has 0 atom stereocenters. The van der Waals surface area contributed by atoms with Crippen LogP contribution in [-0.2, 0) is 0 Å². The molecule has 1 fully saturated rings. The van der Waals surface area contributed by atoms with Gasteiger partial charge in [-0.15, -0.1) is 0 Å². The van der Waals surface area contributed by atoms with E-state index in [-0.39, 0.29) is 0 Å². The molecule has 0 spiro atoms. The lowest BCUT2D eigenvalue weighted by molar-refractivity contribution is 0.267. The molecule has 15 heavy (non-hydrogen) atoms. The van der Waals surface area contributed by atoms with Crippen LogP contribution in [0.2, 0.25) is 0 Å². The van der Waals surface area contributed by atoms with E-state index in [4.69, 9.17) is 0 Å². The highest BCUT2D eigenvalue weighted by atomic mass is 14.9. The van der Waals surface area contributed by atoms with Gasteiger partial charge in [-0.25, -0.2) is 0 Å².